The maximum Gasteiger partial charge on any atom is 0.319 e. The Hall–Kier alpha value is -0.610. The number of methoxy groups -OCH3 is 1. The fourth-order valence-corrected chi connectivity index (χ4v) is 1.45. The molecule has 0 aromatic rings. The molecule has 0 atom stereocenters. The van der Waals surface area contributed by atoms with Gasteiger partial charge in [-0.1, -0.05) is 20.8 Å². The van der Waals surface area contributed by atoms with Gasteiger partial charge in [0.15, 0.2) is 0 Å². The molecule has 0 radical (unpaired) electrons. The average molecular weight is 216 g/mol. The summed E-state index contributed by atoms with van der Waals surface area (Å²) in [5.74, 6) is -0.184. The van der Waals surface area contributed by atoms with Crippen LogP contribution >= 0.6 is 0 Å². The molecule has 0 rings (SSSR count). The number of carbonyl (C=O) groups excluding carboxylic acids is 1. The molecule has 0 saturated carbocycles. The average Bonchev–Trinajstić information content (AvgIpc) is 2.17. The van der Waals surface area contributed by atoms with Crippen LogP contribution in [0.25, 0.3) is 0 Å². The quantitative estimate of drug-likeness (QED) is 0.641. The van der Waals surface area contributed by atoms with Crippen LogP contribution in [0.15, 0.2) is 0 Å². The third-order valence-electron chi connectivity index (χ3n) is 2.32. The summed E-state index contributed by atoms with van der Waals surface area (Å²) < 4.78 is 4.66. The fourth-order valence-electron chi connectivity index (χ4n) is 1.45. The summed E-state index contributed by atoms with van der Waals surface area (Å²) in [4.78, 5) is 13.3. The number of hydrogen-bond acceptors (Lipinski definition) is 4. The van der Waals surface area contributed by atoms with Gasteiger partial charge in [0.1, 0.15) is 0 Å². The van der Waals surface area contributed by atoms with Gasteiger partial charge < -0.3 is 10.5 Å². The second-order valence-corrected chi connectivity index (χ2v) is 4.66. The Bertz CT molecular complexity index is 193. The smallest absolute Gasteiger partial charge is 0.319 e. The normalized spacial score (nSPS) is 11.9. The Labute approximate surface area is 92.8 Å². The molecule has 4 nitrogen and oxygen atoms in total. The van der Waals surface area contributed by atoms with E-state index in [4.69, 9.17) is 5.73 Å². The van der Waals surface area contributed by atoms with Crippen molar-refractivity contribution in [2.24, 2.45) is 11.1 Å². The number of nitrogens with zero attached hydrogens (tertiary/aromatic N) is 1. The number of nitrogens with two attached hydrogens (primary N) is 1. The largest absolute Gasteiger partial charge is 0.468 e. The third-order valence-corrected chi connectivity index (χ3v) is 2.32. The van der Waals surface area contributed by atoms with Crippen LogP contribution in [0.3, 0.4) is 0 Å². The second kappa shape index (κ2) is 6.80. The highest BCUT2D eigenvalue weighted by molar-refractivity contribution is 5.71. The monoisotopic (exact) mass is 216 g/mol. The van der Waals surface area contributed by atoms with E-state index in [1.54, 1.807) is 0 Å². The Morgan fingerprint density at radius 2 is 2.07 bits per heavy atom. The molecule has 0 unspecified atom stereocenters. The molecule has 0 fully saturated rings. The van der Waals surface area contributed by atoms with Crippen molar-refractivity contribution in [2.75, 3.05) is 33.3 Å². The van der Waals surface area contributed by atoms with Crippen molar-refractivity contribution in [1.82, 2.24) is 4.90 Å². The lowest BCUT2D eigenvalue weighted by molar-refractivity contribution is -0.142. The first-order chi connectivity index (χ1) is 6.95. The minimum Gasteiger partial charge on any atom is -0.468 e. The highest BCUT2D eigenvalue weighted by atomic mass is 16.5. The summed E-state index contributed by atoms with van der Waals surface area (Å²) in [6.07, 6.45) is 1.03. The molecule has 0 bridgehead atoms. The molecule has 90 valence electrons. The zero-order chi connectivity index (χ0) is 11.9. The molecule has 0 heterocycles. The van der Waals surface area contributed by atoms with E-state index in [2.05, 4.69) is 30.4 Å². The van der Waals surface area contributed by atoms with Crippen LogP contribution in [0.1, 0.15) is 27.2 Å². The summed E-state index contributed by atoms with van der Waals surface area (Å²) in [5, 5.41) is 0. The molecule has 0 aromatic carbocycles. The molecule has 4 heteroatoms. The minimum absolute atomic E-state index is 0.0448. The van der Waals surface area contributed by atoms with Crippen molar-refractivity contribution >= 4 is 5.97 Å². The highest BCUT2D eigenvalue weighted by Crippen LogP contribution is 2.14. The molecular weight excluding hydrogens is 192 g/mol. The van der Waals surface area contributed by atoms with Crippen molar-refractivity contribution in [3.63, 3.8) is 0 Å². The van der Waals surface area contributed by atoms with E-state index in [1.165, 1.54) is 7.11 Å². The molecule has 2 N–H and O–H groups in total. The van der Waals surface area contributed by atoms with Gasteiger partial charge in [0.2, 0.25) is 0 Å². The fraction of sp³-hybridized carbons (Fsp3) is 0.909. The molecular formula is C11H24N2O2. The molecule has 0 aliphatic carbocycles. The van der Waals surface area contributed by atoms with Gasteiger partial charge in [-0.3, -0.25) is 9.69 Å². The SMILES string of the molecule is CCCN(CC(=O)OC)CC(C)(C)CN. The molecule has 0 aliphatic heterocycles. The molecule has 15 heavy (non-hydrogen) atoms. The van der Waals surface area contributed by atoms with Crippen LogP contribution in [0.4, 0.5) is 0 Å². The lowest BCUT2D eigenvalue weighted by Crippen LogP contribution is -2.41. The standard InChI is InChI=1S/C11H24N2O2/c1-5-6-13(7-10(14)15-4)9-11(2,3)8-12/h5-9,12H2,1-4H3. The van der Waals surface area contributed by atoms with Gasteiger partial charge in [0, 0.05) is 6.54 Å². The number of hydrogen-bond donors (Lipinski definition) is 1. The van der Waals surface area contributed by atoms with Crippen LogP contribution in [0.2, 0.25) is 0 Å². The Balaban J connectivity index is 4.20. The van der Waals surface area contributed by atoms with Crippen molar-refractivity contribution in [2.45, 2.75) is 27.2 Å². The Kier molecular flexibility index (Phi) is 6.52. The first-order valence-corrected chi connectivity index (χ1v) is 5.44. The summed E-state index contributed by atoms with van der Waals surface area (Å²) in [7, 11) is 1.42. The predicted molar refractivity (Wildman–Crippen MR) is 61.6 cm³/mol. The number of esters is 1. The van der Waals surface area contributed by atoms with Crippen molar-refractivity contribution in [1.29, 1.82) is 0 Å². The number of rotatable bonds is 7. The first-order valence-electron chi connectivity index (χ1n) is 5.44. The van der Waals surface area contributed by atoms with E-state index in [-0.39, 0.29) is 11.4 Å². The topological polar surface area (TPSA) is 55.6 Å². The van der Waals surface area contributed by atoms with Gasteiger partial charge in [-0.25, -0.2) is 0 Å². The van der Waals surface area contributed by atoms with E-state index < -0.39 is 0 Å². The molecule has 0 spiro atoms. The third kappa shape index (κ3) is 6.47. The van der Waals surface area contributed by atoms with Crippen molar-refractivity contribution in [3.8, 4) is 0 Å². The van der Waals surface area contributed by atoms with E-state index in [9.17, 15) is 4.79 Å². The molecule has 0 aromatic heterocycles. The van der Waals surface area contributed by atoms with E-state index in [0.29, 0.717) is 13.1 Å². The summed E-state index contributed by atoms with van der Waals surface area (Å²) >= 11 is 0. The lowest BCUT2D eigenvalue weighted by Gasteiger charge is -2.30. The van der Waals surface area contributed by atoms with Gasteiger partial charge in [0.25, 0.3) is 0 Å². The van der Waals surface area contributed by atoms with E-state index in [0.717, 1.165) is 19.5 Å². The molecule has 0 aliphatic rings. The van der Waals surface area contributed by atoms with Crippen LogP contribution in [-0.2, 0) is 9.53 Å². The van der Waals surface area contributed by atoms with Crippen LogP contribution in [0.5, 0.6) is 0 Å². The van der Waals surface area contributed by atoms with Gasteiger partial charge in [-0.2, -0.15) is 0 Å². The Morgan fingerprint density at radius 3 is 2.47 bits per heavy atom. The van der Waals surface area contributed by atoms with Gasteiger partial charge in [-0.05, 0) is 24.9 Å². The number of carbonyl (C=O) groups is 1. The highest BCUT2D eigenvalue weighted by Gasteiger charge is 2.21. The maximum absolute atomic E-state index is 11.2. The van der Waals surface area contributed by atoms with Crippen LogP contribution in [-0.4, -0.2) is 44.2 Å². The van der Waals surface area contributed by atoms with E-state index in [1.807, 2.05) is 0 Å². The van der Waals surface area contributed by atoms with E-state index >= 15 is 0 Å². The summed E-state index contributed by atoms with van der Waals surface area (Å²) in [5.41, 5.74) is 5.72. The van der Waals surface area contributed by atoms with Gasteiger partial charge >= 0.3 is 5.97 Å². The second-order valence-electron chi connectivity index (χ2n) is 4.66. The van der Waals surface area contributed by atoms with Crippen LogP contribution < -0.4 is 5.73 Å². The maximum atomic E-state index is 11.2. The van der Waals surface area contributed by atoms with Crippen LogP contribution in [0, 0.1) is 5.41 Å². The molecule has 0 saturated heterocycles. The Morgan fingerprint density at radius 1 is 1.47 bits per heavy atom. The van der Waals surface area contributed by atoms with Crippen molar-refractivity contribution < 1.29 is 9.53 Å². The minimum atomic E-state index is -0.184. The lowest BCUT2D eigenvalue weighted by atomic mass is 9.93. The first kappa shape index (κ1) is 14.4. The van der Waals surface area contributed by atoms with Gasteiger partial charge in [-0.15, -0.1) is 0 Å². The van der Waals surface area contributed by atoms with Gasteiger partial charge in [0.05, 0.1) is 13.7 Å². The summed E-state index contributed by atoms with van der Waals surface area (Å²) in [6.45, 7) is 9.01. The zero-order valence-electron chi connectivity index (χ0n) is 10.4. The predicted octanol–water partition coefficient (Wildman–Crippen LogP) is 0.856. The van der Waals surface area contributed by atoms with Crippen molar-refractivity contribution in [3.05, 3.63) is 0 Å². The molecule has 0 amide bonds. The number of ether oxygens (including phenoxy) is 1. The zero-order valence-corrected chi connectivity index (χ0v) is 10.4. The summed E-state index contributed by atoms with van der Waals surface area (Å²) in [6, 6.07) is 0.